The Labute approximate surface area is 201 Å². The molecule has 34 heavy (non-hydrogen) atoms. The first kappa shape index (κ1) is 25.2. The number of nitrogens with zero attached hydrogens (tertiary/aromatic N) is 1. The largest absolute Gasteiger partial charge is 0.326 e. The van der Waals surface area contributed by atoms with Crippen molar-refractivity contribution in [1.29, 1.82) is 0 Å². The summed E-state index contributed by atoms with van der Waals surface area (Å²) in [5.41, 5.74) is 2.25. The van der Waals surface area contributed by atoms with Crippen molar-refractivity contribution in [2.45, 2.75) is 37.5 Å². The van der Waals surface area contributed by atoms with Gasteiger partial charge in [-0.15, -0.1) is 0 Å². The number of sulfone groups is 1. The van der Waals surface area contributed by atoms with E-state index in [0.717, 1.165) is 16.8 Å². The Hall–Kier alpha value is -3.45. The Morgan fingerprint density at radius 3 is 2.03 bits per heavy atom. The Balaban J connectivity index is 1.64. The molecule has 0 aliphatic heterocycles. The molecule has 6 nitrogen and oxygen atoms in total. The highest BCUT2D eigenvalue weighted by Crippen LogP contribution is 2.28. The third-order valence-electron chi connectivity index (χ3n) is 5.90. The molecule has 0 aliphatic rings. The second-order valence-electron chi connectivity index (χ2n) is 8.67. The summed E-state index contributed by atoms with van der Waals surface area (Å²) in [6, 6.07) is 23.1. The molecule has 3 rings (SSSR count). The zero-order chi connectivity index (χ0) is 24.9. The number of hydrogen-bond acceptors (Lipinski definition) is 4. The lowest BCUT2D eigenvalue weighted by atomic mass is 9.83. The van der Waals surface area contributed by atoms with Crippen LogP contribution >= 0.6 is 0 Å². The number of carbonyl (C=O) groups excluding carboxylic acids is 2. The fourth-order valence-electron chi connectivity index (χ4n) is 3.65. The lowest BCUT2D eigenvalue weighted by Gasteiger charge is -2.30. The fraction of sp³-hybridized carbons (Fsp3) is 0.259. The smallest absolute Gasteiger partial charge is 0.236 e. The van der Waals surface area contributed by atoms with Crippen molar-refractivity contribution < 1.29 is 18.0 Å². The summed E-state index contributed by atoms with van der Waals surface area (Å²) >= 11 is 0. The number of para-hydroxylation sites is 1. The van der Waals surface area contributed by atoms with Crippen molar-refractivity contribution in [1.82, 2.24) is 0 Å². The number of nitrogens with one attached hydrogen (secondary N) is 1. The predicted molar refractivity (Wildman–Crippen MR) is 136 cm³/mol. The Kier molecular flexibility index (Phi) is 7.57. The van der Waals surface area contributed by atoms with Crippen LogP contribution in [0.15, 0.2) is 83.8 Å². The summed E-state index contributed by atoms with van der Waals surface area (Å²) in [6.45, 7) is 5.36. The van der Waals surface area contributed by atoms with Crippen molar-refractivity contribution in [3.8, 4) is 0 Å². The summed E-state index contributed by atoms with van der Waals surface area (Å²) < 4.78 is 23.8. The molecule has 178 valence electrons. The van der Waals surface area contributed by atoms with E-state index in [1.807, 2.05) is 56.3 Å². The number of benzene rings is 3. The molecule has 0 radical (unpaired) electrons. The summed E-state index contributed by atoms with van der Waals surface area (Å²) in [5.74, 6) is -0.213. The zero-order valence-corrected chi connectivity index (χ0v) is 20.7. The van der Waals surface area contributed by atoms with Gasteiger partial charge < -0.3 is 10.2 Å². The zero-order valence-electron chi connectivity index (χ0n) is 19.9. The molecule has 0 saturated heterocycles. The van der Waals surface area contributed by atoms with Gasteiger partial charge in [0.2, 0.25) is 11.8 Å². The quantitative estimate of drug-likeness (QED) is 0.513. The van der Waals surface area contributed by atoms with Crippen LogP contribution in [-0.2, 0) is 31.3 Å². The Morgan fingerprint density at radius 1 is 0.882 bits per heavy atom. The van der Waals surface area contributed by atoms with Gasteiger partial charge in [-0.2, -0.15) is 0 Å². The van der Waals surface area contributed by atoms with Crippen LogP contribution in [0.5, 0.6) is 0 Å². The average molecular weight is 479 g/mol. The molecule has 2 amide bonds. The third kappa shape index (κ3) is 5.72. The number of likely N-dealkylation sites (N-methyl/N-ethyl adjacent to an activating group) is 1. The minimum Gasteiger partial charge on any atom is -0.326 e. The molecule has 0 atom stereocenters. The normalized spacial score (nSPS) is 11.6. The second-order valence-corrected chi connectivity index (χ2v) is 11.0. The molecule has 3 aromatic rings. The van der Waals surface area contributed by atoms with E-state index in [-0.39, 0.29) is 28.9 Å². The van der Waals surface area contributed by atoms with Crippen LogP contribution in [0.4, 0.5) is 11.4 Å². The molecular weight excluding hydrogens is 448 g/mol. The summed E-state index contributed by atoms with van der Waals surface area (Å²) in [4.78, 5) is 27.5. The van der Waals surface area contributed by atoms with E-state index in [1.165, 1.54) is 12.1 Å². The van der Waals surface area contributed by atoms with Crippen LogP contribution in [0.25, 0.3) is 0 Å². The van der Waals surface area contributed by atoms with Gasteiger partial charge in [-0.1, -0.05) is 49.4 Å². The molecule has 0 aromatic heterocycles. The van der Waals surface area contributed by atoms with Gasteiger partial charge in [-0.25, -0.2) is 8.42 Å². The average Bonchev–Trinajstić information content (AvgIpc) is 2.84. The number of anilines is 2. The van der Waals surface area contributed by atoms with Gasteiger partial charge in [-0.3, -0.25) is 9.59 Å². The highest BCUT2D eigenvalue weighted by Gasteiger charge is 2.33. The molecule has 0 unspecified atom stereocenters. The number of carbonyl (C=O) groups is 2. The van der Waals surface area contributed by atoms with Crippen molar-refractivity contribution >= 4 is 33.0 Å². The standard InChI is InChI=1S/C27H30N2O4S/c1-5-34(32,33)24-17-11-20(12-18-24)19-25(30)28-22-15-13-21(14-16-22)27(2,3)26(31)29(4)23-9-7-6-8-10-23/h6-18H,5,19H2,1-4H3,(H,28,30). The predicted octanol–water partition coefficient (Wildman–Crippen LogP) is 4.60. The van der Waals surface area contributed by atoms with Crippen molar-refractivity contribution in [2.24, 2.45) is 0 Å². The number of amides is 2. The first-order valence-electron chi connectivity index (χ1n) is 11.1. The van der Waals surface area contributed by atoms with Crippen LogP contribution in [0.1, 0.15) is 31.9 Å². The van der Waals surface area contributed by atoms with Crippen LogP contribution in [0, 0.1) is 0 Å². The Bertz CT molecular complexity index is 1250. The van der Waals surface area contributed by atoms with E-state index in [9.17, 15) is 18.0 Å². The first-order chi connectivity index (χ1) is 16.0. The summed E-state index contributed by atoms with van der Waals surface area (Å²) in [6.07, 6.45) is 0.125. The van der Waals surface area contributed by atoms with Gasteiger partial charge in [0.05, 0.1) is 22.5 Å². The van der Waals surface area contributed by atoms with Gasteiger partial charge in [0.25, 0.3) is 0 Å². The van der Waals surface area contributed by atoms with Crippen LogP contribution in [0.3, 0.4) is 0 Å². The molecule has 0 fully saturated rings. The minimum absolute atomic E-state index is 0.0355. The van der Waals surface area contributed by atoms with Gasteiger partial charge >= 0.3 is 0 Å². The first-order valence-corrected chi connectivity index (χ1v) is 12.7. The van der Waals surface area contributed by atoms with Crippen molar-refractivity contribution in [3.63, 3.8) is 0 Å². The van der Waals surface area contributed by atoms with Gasteiger partial charge in [-0.05, 0) is 61.4 Å². The molecule has 3 aromatic carbocycles. The summed E-state index contributed by atoms with van der Waals surface area (Å²) in [5, 5.41) is 2.85. The SMILES string of the molecule is CCS(=O)(=O)c1ccc(CC(=O)Nc2ccc(C(C)(C)C(=O)N(C)c3ccccc3)cc2)cc1. The van der Waals surface area contributed by atoms with Gasteiger partial charge in [0.1, 0.15) is 0 Å². The second kappa shape index (κ2) is 10.2. The lowest BCUT2D eigenvalue weighted by Crippen LogP contribution is -2.41. The monoisotopic (exact) mass is 478 g/mol. The molecule has 0 spiro atoms. The molecular formula is C27H30N2O4S. The van der Waals surface area contributed by atoms with E-state index in [2.05, 4.69) is 5.32 Å². The lowest BCUT2D eigenvalue weighted by molar-refractivity contribution is -0.122. The fourth-order valence-corrected chi connectivity index (χ4v) is 4.54. The maximum Gasteiger partial charge on any atom is 0.236 e. The van der Waals surface area contributed by atoms with E-state index >= 15 is 0 Å². The minimum atomic E-state index is -3.26. The molecule has 0 bridgehead atoms. The third-order valence-corrected chi connectivity index (χ3v) is 7.65. The van der Waals surface area contributed by atoms with E-state index in [0.29, 0.717) is 5.69 Å². The topological polar surface area (TPSA) is 83.5 Å². The maximum atomic E-state index is 13.2. The maximum absolute atomic E-state index is 13.2. The van der Waals surface area contributed by atoms with E-state index < -0.39 is 15.3 Å². The van der Waals surface area contributed by atoms with Gasteiger partial charge in [0, 0.05) is 18.4 Å². The number of rotatable bonds is 8. The molecule has 0 heterocycles. The molecule has 7 heteroatoms. The highest BCUT2D eigenvalue weighted by molar-refractivity contribution is 7.91. The van der Waals surface area contributed by atoms with Crippen LogP contribution < -0.4 is 10.2 Å². The molecule has 0 saturated carbocycles. The van der Waals surface area contributed by atoms with Crippen molar-refractivity contribution in [3.05, 3.63) is 90.0 Å². The Morgan fingerprint density at radius 2 is 1.47 bits per heavy atom. The van der Waals surface area contributed by atoms with E-state index in [1.54, 1.807) is 43.1 Å². The number of hydrogen-bond donors (Lipinski definition) is 1. The highest BCUT2D eigenvalue weighted by atomic mass is 32.2. The molecule has 0 aliphatic carbocycles. The van der Waals surface area contributed by atoms with Gasteiger partial charge in [0.15, 0.2) is 9.84 Å². The summed E-state index contributed by atoms with van der Waals surface area (Å²) in [7, 11) is -1.50. The van der Waals surface area contributed by atoms with Crippen LogP contribution in [-0.4, -0.2) is 33.0 Å². The van der Waals surface area contributed by atoms with Crippen LogP contribution in [0.2, 0.25) is 0 Å². The molecule has 1 N–H and O–H groups in total. The van der Waals surface area contributed by atoms with Crippen molar-refractivity contribution in [2.75, 3.05) is 23.0 Å². The van der Waals surface area contributed by atoms with E-state index in [4.69, 9.17) is 0 Å².